The molecule has 3 N–H and O–H groups in total. The predicted octanol–water partition coefficient (Wildman–Crippen LogP) is 2.34. The summed E-state index contributed by atoms with van der Waals surface area (Å²) in [4.78, 5) is 27.2. The van der Waals surface area contributed by atoms with Gasteiger partial charge in [0.2, 0.25) is 0 Å². The summed E-state index contributed by atoms with van der Waals surface area (Å²) in [6.45, 7) is 1.11. The van der Waals surface area contributed by atoms with Gasteiger partial charge in [-0.3, -0.25) is 9.78 Å². The minimum atomic E-state index is -3.28. The number of sulfone groups is 1. The molecule has 0 saturated carbocycles. The smallest absolute Gasteiger partial charge is 0.255 e. The van der Waals surface area contributed by atoms with Crippen LogP contribution in [0.2, 0.25) is 0 Å². The van der Waals surface area contributed by atoms with Crippen molar-refractivity contribution in [1.82, 2.24) is 19.9 Å². The van der Waals surface area contributed by atoms with E-state index >= 15 is 0 Å². The van der Waals surface area contributed by atoms with E-state index in [1.54, 1.807) is 41.6 Å². The number of hydrogen-bond acceptors (Lipinski definition) is 9. The highest BCUT2D eigenvalue weighted by atomic mass is 32.2. The Morgan fingerprint density at radius 3 is 2.61 bits per heavy atom. The van der Waals surface area contributed by atoms with E-state index in [0.717, 1.165) is 18.9 Å². The lowest BCUT2D eigenvalue weighted by Gasteiger charge is -2.19. The van der Waals surface area contributed by atoms with E-state index in [1.807, 2.05) is 0 Å². The molecule has 1 aliphatic rings. The second-order valence-electron chi connectivity index (χ2n) is 7.67. The van der Waals surface area contributed by atoms with Gasteiger partial charge >= 0.3 is 0 Å². The van der Waals surface area contributed by atoms with Gasteiger partial charge in [-0.05, 0) is 42.8 Å². The summed E-state index contributed by atoms with van der Waals surface area (Å²) in [5.41, 5.74) is 1.64. The molecule has 2 aromatic heterocycles. The van der Waals surface area contributed by atoms with Crippen molar-refractivity contribution in [2.75, 3.05) is 30.0 Å². The molecule has 1 aliphatic heterocycles. The summed E-state index contributed by atoms with van der Waals surface area (Å²) in [5.74, 6) is 0.828. The second kappa shape index (κ2) is 9.33. The SMILES string of the molecule is CS(=O)(=O)c1ccc(Nc2ncnc(NC3CCN(C(=O)c4cccnc4)C3)c2C=N)cc1. The van der Waals surface area contributed by atoms with Crippen LogP contribution in [0.3, 0.4) is 0 Å². The number of nitrogens with one attached hydrogen (secondary N) is 3. The number of pyridine rings is 1. The Morgan fingerprint density at radius 1 is 1.18 bits per heavy atom. The fraction of sp³-hybridized carbons (Fsp3) is 0.227. The molecule has 0 spiro atoms. The third kappa shape index (κ3) is 5.14. The van der Waals surface area contributed by atoms with Gasteiger partial charge in [0, 0.05) is 49.7 Å². The summed E-state index contributed by atoms with van der Waals surface area (Å²) >= 11 is 0. The summed E-state index contributed by atoms with van der Waals surface area (Å²) in [7, 11) is -3.28. The van der Waals surface area contributed by atoms with Crippen LogP contribution in [0.4, 0.5) is 17.3 Å². The zero-order chi connectivity index (χ0) is 23.4. The molecule has 11 heteroatoms. The molecule has 1 amide bonds. The zero-order valence-electron chi connectivity index (χ0n) is 17.9. The third-order valence-corrected chi connectivity index (χ3v) is 6.43. The Bertz CT molecular complexity index is 1260. The first kappa shape index (κ1) is 22.3. The largest absolute Gasteiger partial charge is 0.365 e. The van der Waals surface area contributed by atoms with Crippen LogP contribution in [0.15, 0.2) is 60.0 Å². The van der Waals surface area contributed by atoms with Gasteiger partial charge in [0.1, 0.15) is 18.0 Å². The second-order valence-corrected chi connectivity index (χ2v) is 9.69. The number of aromatic nitrogens is 3. The summed E-state index contributed by atoms with van der Waals surface area (Å²) in [5, 5.41) is 14.3. The van der Waals surface area contributed by atoms with E-state index in [9.17, 15) is 13.2 Å². The first-order valence-electron chi connectivity index (χ1n) is 10.2. The molecule has 3 aromatic rings. The summed E-state index contributed by atoms with van der Waals surface area (Å²) in [6.07, 6.45) is 7.62. The standard InChI is InChI=1S/C22H23N7O3S/c1-33(31,32)18-6-4-16(5-7-18)27-20-19(11-23)21(26-14-25-20)28-17-8-10-29(13-17)22(30)15-3-2-9-24-12-15/h2-7,9,11-12,14,17,23H,8,10,13H2,1H3,(H2,25,26,27,28). The van der Waals surface area contributed by atoms with Gasteiger partial charge in [0.15, 0.2) is 9.84 Å². The Kier molecular flexibility index (Phi) is 6.31. The van der Waals surface area contributed by atoms with Crippen molar-refractivity contribution in [3.63, 3.8) is 0 Å². The fourth-order valence-corrected chi connectivity index (χ4v) is 4.23. The quantitative estimate of drug-likeness (QED) is 0.452. The number of rotatable bonds is 7. The molecule has 1 atom stereocenters. The van der Waals surface area contributed by atoms with E-state index in [4.69, 9.17) is 5.41 Å². The van der Waals surface area contributed by atoms with Crippen LogP contribution >= 0.6 is 0 Å². The summed E-state index contributed by atoms with van der Waals surface area (Å²) < 4.78 is 23.3. The van der Waals surface area contributed by atoms with E-state index in [0.29, 0.717) is 41.5 Å². The van der Waals surface area contributed by atoms with Crippen LogP contribution in [0.1, 0.15) is 22.3 Å². The van der Waals surface area contributed by atoms with Crippen LogP contribution in [-0.2, 0) is 9.84 Å². The number of anilines is 3. The van der Waals surface area contributed by atoms with Crippen molar-refractivity contribution in [3.8, 4) is 0 Å². The molecule has 0 aliphatic carbocycles. The maximum absolute atomic E-state index is 12.7. The molecule has 10 nitrogen and oxygen atoms in total. The van der Waals surface area contributed by atoms with Crippen molar-refractivity contribution < 1.29 is 13.2 Å². The Balaban J connectivity index is 1.47. The summed E-state index contributed by atoms with van der Waals surface area (Å²) in [6, 6.07) is 9.74. The molecule has 0 bridgehead atoms. The van der Waals surface area contributed by atoms with Crippen molar-refractivity contribution in [3.05, 3.63) is 66.2 Å². The van der Waals surface area contributed by atoms with Gasteiger partial charge in [0.05, 0.1) is 16.0 Å². The lowest BCUT2D eigenvalue weighted by molar-refractivity contribution is 0.0791. The Labute approximate surface area is 191 Å². The van der Waals surface area contributed by atoms with Crippen LogP contribution in [0.25, 0.3) is 0 Å². The van der Waals surface area contributed by atoms with Crippen LogP contribution in [0, 0.1) is 5.41 Å². The average molecular weight is 466 g/mol. The maximum atomic E-state index is 12.7. The number of benzene rings is 1. The number of amides is 1. The predicted molar refractivity (Wildman–Crippen MR) is 125 cm³/mol. The molecule has 4 rings (SSSR count). The molecule has 33 heavy (non-hydrogen) atoms. The highest BCUT2D eigenvalue weighted by Gasteiger charge is 2.28. The number of carbonyl (C=O) groups excluding carboxylic acids is 1. The monoisotopic (exact) mass is 465 g/mol. The number of carbonyl (C=O) groups is 1. The highest BCUT2D eigenvalue weighted by molar-refractivity contribution is 7.90. The molecule has 0 radical (unpaired) electrons. The van der Waals surface area contributed by atoms with E-state index in [2.05, 4.69) is 25.6 Å². The number of nitrogens with zero attached hydrogens (tertiary/aromatic N) is 4. The molecular formula is C22H23N7O3S. The molecule has 3 heterocycles. The van der Waals surface area contributed by atoms with Gasteiger partial charge in [-0.2, -0.15) is 0 Å². The topological polar surface area (TPSA) is 141 Å². The van der Waals surface area contributed by atoms with Crippen molar-refractivity contribution >= 4 is 39.3 Å². The van der Waals surface area contributed by atoms with Gasteiger partial charge in [-0.1, -0.05) is 0 Å². The van der Waals surface area contributed by atoms with Gasteiger partial charge in [-0.15, -0.1) is 0 Å². The van der Waals surface area contributed by atoms with Crippen LogP contribution in [-0.4, -0.2) is 65.8 Å². The molecular weight excluding hydrogens is 442 g/mol. The van der Waals surface area contributed by atoms with E-state index < -0.39 is 9.84 Å². The van der Waals surface area contributed by atoms with Gasteiger partial charge < -0.3 is 20.9 Å². The van der Waals surface area contributed by atoms with Crippen molar-refractivity contribution in [2.24, 2.45) is 0 Å². The Hall–Kier alpha value is -3.86. The first-order valence-corrected chi connectivity index (χ1v) is 12.1. The molecule has 1 saturated heterocycles. The van der Waals surface area contributed by atoms with Gasteiger partial charge in [-0.25, -0.2) is 18.4 Å². The van der Waals surface area contributed by atoms with E-state index in [-0.39, 0.29) is 16.8 Å². The maximum Gasteiger partial charge on any atom is 0.255 e. The first-order chi connectivity index (χ1) is 15.8. The minimum absolute atomic E-state index is 0.0267. The highest BCUT2D eigenvalue weighted by Crippen LogP contribution is 2.25. The lowest BCUT2D eigenvalue weighted by Crippen LogP contribution is -2.32. The van der Waals surface area contributed by atoms with Crippen LogP contribution in [0.5, 0.6) is 0 Å². The zero-order valence-corrected chi connectivity index (χ0v) is 18.7. The van der Waals surface area contributed by atoms with Crippen molar-refractivity contribution in [1.29, 1.82) is 5.41 Å². The number of hydrogen-bond donors (Lipinski definition) is 3. The third-order valence-electron chi connectivity index (χ3n) is 5.30. The van der Waals surface area contributed by atoms with Gasteiger partial charge in [0.25, 0.3) is 5.91 Å². The van der Waals surface area contributed by atoms with Crippen molar-refractivity contribution in [2.45, 2.75) is 17.4 Å². The molecule has 1 aromatic carbocycles. The Morgan fingerprint density at radius 2 is 1.94 bits per heavy atom. The fourth-order valence-electron chi connectivity index (χ4n) is 3.60. The van der Waals surface area contributed by atoms with Crippen LogP contribution < -0.4 is 10.6 Å². The molecule has 170 valence electrons. The number of likely N-dealkylation sites (tertiary alicyclic amines) is 1. The van der Waals surface area contributed by atoms with E-state index in [1.165, 1.54) is 18.5 Å². The minimum Gasteiger partial charge on any atom is -0.365 e. The lowest BCUT2D eigenvalue weighted by atomic mass is 10.2. The average Bonchev–Trinajstić information content (AvgIpc) is 3.27. The normalized spacial score (nSPS) is 15.8. The molecule has 1 unspecified atom stereocenters. The molecule has 1 fully saturated rings.